The molecular formula is C13H17NO6. The van der Waals surface area contributed by atoms with E-state index in [1.54, 1.807) is 6.92 Å². The Labute approximate surface area is 115 Å². The summed E-state index contributed by atoms with van der Waals surface area (Å²) in [6.07, 6.45) is -3.29. The molecular weight excluding hydrogens is 266 g/mol. The third kappa shape index (κ3) is 3.46. The number of nitrogen functional groups attached to an aromatic ring is 1. The van der Waals surface area contributed by atoms with E-state index < -0.39 is 24.1 Å². The number of nitrogens with two attached hydrogens (primary N) is 1. The molecule has 1 rings (SSSR count). The average molecular weight is 283 g/mol. The van der Waals surface area contributed by atoms with Gasteiger partial charge in [-0.2, -0.15) is 0 Å². The fourth-order valence-electron chi connectivity index (χ4n) is 1.62. The van der Waals surface area contributed by atoms with Crippen molar-refractivity contribution in [2.24, 2.45) is 0 Å². The SMILES string of the molecule is CCOC(=O)C(O)C(O)c1ccc(C(=O)OC)cc1N. The van der Waals surface area contributed by atoms with Crippen LogP contribution < -0.4 is 5.73 Å². The Balaban J connectivity index is 2.96. The lowest BCUT2D eigenvalue weighted by Crippen LogP contribution is -2.30. The lowest BCUT2D eigenvalue weighted by molar-refractivity contribution is -0.159. The van der Waals surface area contributed by atoms with Crippen LogP contribution in [0.1, 0.15) is 28.9 Å². The van der Waals surface area contributed by atoms with Gasteiger partial charge in [-0.25, -0.2) is 9.59 Å². The van der Waals surface area contributed by atoms with Gasteiger partial charge in [-0.1, -0.05) is 6.07 Å². The van der Waals surface area contributed by atoms with Crippen LogP contribution in [0.15, 0.2) is 18.2 Å². The molecule has 0 fully saturated rings. The summed E-state index contributed by atoms with van der Waals surface area (Å²) in [4.78, 5) is 22.7. The van der Waals surface area contributed by atoms with E-state index in [-0.39, 0.29) is 23.4 Å². The molecule has 0 heterocycles. The Kier molecular flexibility index (Phi) is 5.48. The largest absolute Gasteiger partial charge is 0.465 e. The normalized spacial score (nSPS) is 13.4. The highest BCUT2D eigenvalue weighted by molar-refractivity contribution is 5.90. The van der Waals surface area contributed by atoms with Crippen molar-refractivity contribution >= 4 is 17.6 Å². The fraction of sp³-hybridized carbons (Fsp3) is 0.385. The summed E-state index contributed by atoms with van der Waals surface area (Å²) in [5, 5.41) is 19.6. The van der Waals surface area contributed by atoms with Crippen LogP contribution in [-0.4, -0.2) is 42.0 Å². The molecule has 0 bridgehead atoms. The molecule has 0 aliphatic carbocycles. The van der Waals surface area contributed by atoms with E-state index in [4.69, 9.17) is 5.73 Å². The third-order valence-corrected chi connectivity index (χ3v) is 2.65. The Morgan fingerprint density at radius 3 is 2.50 bits per heavy atom. The molecule has 7 heteroatoms. The second-order valence-electron chi connectivity index (χ2n) is 3.98. The van der Waals surface area contributed by atoms with Gasteiger partial charge in [0, 0.05) is 11.3 Å². The number of aliphatic hydroxyl groups excluding tert-OH is 2. The van der Waals surface area contributed by atoms with Gasteiger partial charge in [-0.15, -0.1) is 0 Å². The first-order valence-electron chi connectivity index (χ1n) is 5.92. The highest BCUT2D eigenvalue weighted by Gasteiger charge is 2.28. The van der Waals surface area contributed by atoms with Crippen LogP contribution in [0.25, 0.3) is 0 Å². The van der Waals surface area contributed by atoms with Crippen LogP contribution in [-0.2, 0) is 14.3 Å². The number of benzene rings is 1. The number of carbonyl (C=O) groups is 2. The molecule has 0 spiro atoms. The average Bonchev–Trinajstić information content (AvgIpc) is 2.45. The standard InChI is InChI=1S/C13H17NO6/c1-3-20-13(18)11(16)10(15)8-5-4-7(6-9(8)14)12(17)19-2/h4-6,10-11,15-16H,3,14H2,1-2H3. The van der Waals surface area contributed by atoms with E-state index in [1.165, 1.54) is 25.3 Å². The first kappa shape index (κ1) is 15.9. The number of rotatable bonds is 5. The Morgan fingerprint density at radius 1 is 1.35 bits per heavy atom. The van der Waals surface area contributed by atoms with Crippen LogP contribution in [0.2, 0.25) is 0 Å². The molecule has 1 aromatic rings. The van der Waals surface area contributed by atoms with Gasteiger partial charge in [0.05, 0.1) is 19.3 Å². The second-order valence-corrected chi connectivity index (χ2v) is 3.98. The number of hydrogen-bond donors (Lipinski definition) is 3. The zero-order valence-electron chi connectivity index (χ0n) is 11.2. The lowest BCUT2D eigenvalue weighted by atomic mass is 10.0. The van der Waals surface area contributed by atoms with Crippen LogP contribution in [0.3, 0.4) is 0 Å². The van der Waals surface area contributed by atoms with Crippen molar-refractivity contribution in [1.29, 1.82) is 0 Å². The van der Waals surface area contributed by atoms with Gasteiger partial charge < -0.3 is 25.4 Å². The van der Waals surface area contributed by atoms with E-state index in [1.807, 2.05) is 0 Å². The number of esters is 2. The van der Waals surface area contributed by atoms with E-state index in [0.29, 0.717) is 0 Å². The zero-order chi connectivity index (χ0) is 15.3. The van der Waals surface area contributed by atoms with E-state index >= 15 is 0 Å². The van der Waals surface area contributed by atoms with Gasteiger partial charge in [0.1, 0.15) is 6.10 Å². The smallest absolute Gasteiger partial charge is 0.338 e. The monoisotopic (exact) mass is 283 g/mol. The molecule has 0 amide bonds. The van der Waals surface area contributed by atoms with Crippen LogP contribution >= 0.6 is 0 Å². The van der Waals surface area contributed by atoms with Crippen LogP contribution in [0.4, 0.5) is 5.69 Å². The quantitative estimate of drug-likeness (QED) is 0.514. The van der Waals surface area contributed by atoms with Gasteiger partial charge in [-0.3, -0.25) is 0 Å². The van der Waals surface area contributed by atoms with Crippen molar-refractivity contribution in [3.05, 3.63) is 29.3 Å². The molecule has 4 N–H and O–H groups in total. The number of hydrogen-bond acceptors (Lipinski definition) is 7. The molecule has 0 radical (unpaired) electrons. The van der Waals surface area contributed by atoms with Gasteiger partial charge in [0.15, 0.2) is 6.10 Å². The highest BCUT2D eigenvalue weighted by Crippen LogP contribution is 2.25. The highest BCUT2D eigenvalue weighted by atomic mass is 16.5. The summed E-state index contributed by atoms with van der Waals surface area (Å²) in [5.74, 6) is -1.53. The van der Waals surface area contributed by atoms with Crippen molar-refractivity contribution < 1.29 is 29.3 Å². The maximum Gasteiger partial charge on any atom is 0.338 e. The minimum atomic E-state index is -1.75. The predicted molar refractivity (Wildman–Crippen MR) is 69.8 cm³/mol. The van der Waals surface area contributed by atoms with E-state index in [0.717, 1.165) is 0 Å². The number of ether oxygens (including phenoxy) is 2. The Bertz CT molecular complexity index is 502. The molecule has 2 unspecified atom stereocenters. The summed E-state index contributed by atoms with van der Waals surface area (Å²) < 4.78 is 9.13. The van der Waals surface area contributed by atoms with Crippen molar-refractivity contribution in [1.82, 2.24) is 0 Å². The third-order valence-electron chi connectivity index (χ3n) is 2.65. The number of carbonyl (C=O) groups excluding carboxylic acids is 2. The number of methoxy groups -OCH3 is 1. The first-order valence-corrected chi connectivity index (χ1v) is 5.92. The van der Waals surface area contributed by atoms with Crippen molar-refractivity contribution in [2.75, 3.05) is 19.5 Å². The van der Waals surface area contributed by atoms with Gasteiger partial charge >= 0.3 is 11.9 Å². The fourth-order valence-corrected chi connectivity index (χ4v) is 1.62. The Hall–Kier alpha value is -2.12. The summed E-state index contributed by atoms with van der Waals surface area (Å²) in [6.45, 7) is 1.66. The summed E-state index contributed by atoms with van der Waals surface area (Å²) in [5.41, 5.74) is 6.08. The predicted octanol–water partition coefficient (Wildman–Crippen LogP) is 0.0128. The molecule has 2 atom stereocenters. The second kappa shape index (κ2) is 6.88. The molecule has 0 aliphatic rings. The lowest BCUT2D eigenvalue weighted by Gasteiger charge is -2.18. The Morgan fingerprint density at radius 2 is 2.00 bits per heavy atom. The van der Waals surface area contributed by atoms with E-state index in [2.05, 4.69) is 9.47 Å². The van der Waals surface area contributed by atoms with Crippen molar-refractivity contribution in [3.8, 4) is 0 Å². The molecule has 110 valence electrons. The van der Waals surface area contributed by atoms with E-state index in [9.17, 15) is 19.8 Å². The first-order chi connectivity index (χ1) is 9.42. The van der Waals surface area contributed by atoms with Gasteiger partial charge in [-0.05, 0) is 19.1 Å². The van der Waals surface area contributed by atoms with Crippen molar-refractivity contribution in [3.63, 3.8) is 0 Å². The number of anilines is 1. The molecule has 0 saturated carbocycles. The summed E-state index contributed by atoms with van der Waals surface area (Å²) in [7, 11) is 1.23. The summed E-state index contributed by atoms with van der Waals surface area (Å²) in [6, 6.07) is 4.01. The molecule has 0 saturated heterocycles. The maximum absolute atomic E-state index is 11.3. The minimum Gasteiger partial charge on any atom is -0.465 e. The van der Waals surface area contributed by atoms with Gasteiger partial charge in [0.25, 0.3) is 0 Å². The molecule has 0 aliphatic heterocycles. The maximum atomic E-state index is 11.3. The zero-order valence-corrected chi connectivity index (χ0v) is 11.2. The number of aliphatic hydroxyl groups is 2. The van der Waals surface area contributed by atoms with Crippen LogP contribution in [0.5, 0.6) is 0 Å². The molecule has 0 aromatic heterocycles. The molecule has 7 nitrogen and oxygen atoms in total. The van der Waals surface area contributed by atoms with Gasteiger partial charge in [0.2, 0.25) is 0 Å². The topological polar surface area (TPSA) is 119 Å². The summed E-state index contributed by atoms with van der Waals surface area (Å²) >= 11 is 0. The van der Waals surface area contributed by atoms with Crippen molar-refractivity contribution in [2.45, 2.75) is 19.1 Å². The molecule has 20 heavy (non-hydrogen) atoms. The van der Waals surface area contributed by atoms with Crippen LogP contribution in [0, 0.1) is 0 Å². The minimum absolute atomic E-state index is 0.0590. The molecule has 1 aromatic carbocycles.